The Hall–Kier alpha value is -2.24. The number of nitrogens with zero attached hydrogens (tertiary/aromatic N) is 3. The summed E-state index contributed by atoms with van der Waals surface area (Å²) < 4.78 is 5.32. The summed E-state index contributed by atoms with van der Waals surface area (Å²) in [6.45, 7) is 2.30. The molecule has 1 aromatic carbocycles. The standard InChI is InChI=1S/C14H16N4O3S/c1-22-14(16-9-15)17-11-4-2-3-10(13(19)20)12(11)18-5-7-21-8-6-18/h2-4H,5-8H2,1H3,(H,16,17)(H,19,20). The number of carboxylic acids is 1. The molecule has 8 heteroatoms. The van der Waals surface area contributed by atoms with Crippen molar-refractivity contribution in [2.24, 2.45) is 4.99 Å². The van der Waals surface area contributed by atoms with E-state index in [0.29, 0.717) is 42.8 Å². The first-order valence-electron chi connectivity index (χ1n) is 6.64. The first-order valence-corrected chi connectivity index (χ1v) is 7.86. The Morgan fingerprint density at radius 1 is 1.50 bits per heavy atom. The predicted molar refractivity (Wildman–Crippen MR) is 85.8 cm³/mol. The molecule has 0 saturated carbocycles. The third-order valence-corrected chi connectivity index (χ3v) is 3.73. The van der Waals surface area contributed by atoms with Gasteiger partial charge in [-0.2, -0.15) is 5.26 Å². The molecule has 0 aromatic heterocycles. The Labute approximate surface area is 132 Å². The van der Waals surface area contributed by atoms with Crippen molar-refractivity contribution in [2.45, 2.75) is 0 Å². The summed E-state index contributed by atoms with van der Waals surface area (Å²) in [5.41, 5.74) is 1.28. The average Bonchev–Trinajstić information content (AvgIpc) is 2.55. The van der Waals surface area contributed by atoms with E-state index in [1.807, 2.05) is 11.1 Å². The van der Waals surface area contributed by atoms with Crippen LogP contribution in [0, 0.1) is 11.5 Å². The highest BCUT2D eigenvalue weighted by Gasteiger charge is 2.22. The van der Waals surface area contributed by atoms with Gasteiger partial charge in [-0.15, -0.1) is 0 Å². The van der Waals surface area contributed by atoms with E-state index in [1.54, 1.807) is 24.5 Å². The number of hydrogen-bond donors (Lipinski definition) is 2. The van der Waals surface area contributed by atoms with Gasteiger partial charge in [0.1, 0.15) is 0 Å². The van der Waals surface area contributed by atoms with Gasteiger partial charge >= 0.3 is 5.97 Å². The zero-order valence-corrected chi connectivity index (χ0v) is 12.9. The molecule has 7 nitrogen and oxygen atoms in total. The Bertz CT molecular complexity index is 621. The number of rotatable bonds is 3. The molecule has 0 atom stereocenters. The van der Waals surface area contributed by atoms with E-state index in [2.05, 4.69) is 10.3 Å². The van der Waals surface area contributed by atoms with Crippen molar-refractivity contribution < 1.29 is 14.6 Å². The highest BCUT2D eigenvalue weighted by molar-refractivity contribution is 8.13. The minimum atomic E-state index is -1.00. The number of nitriles is 1. The van der Waals surface area contributed by atoms with E-state index < -0.39 is 5.97 Å². The Balaban J connectivity index is 2.50. The molecule has 0 bridgehead atoms. The summed E-state index contributed by atoms with van der Waals surface area (Å²) in [7, 11) is 0. The van der Waals surface area contributed by atoms with Crippen LogP contribution in [0.1, 0.15) is 10.4 Å². The summed E-state index contributed by atoms with van der Waals surface area (Å²) in [4.78, 5) is 17.9. The molecule has 2 rings (SSSR count). The molecule has 0 unspecified atom stereocenters. The number of morpholine rings is 1. The summed E-state index contributed by atoms with van der Waals surface area (Å²) in [5, 5.41) is 21.1. The minimum Gasteiger partial charge on any atom is -0.478 e. The highest BCUT2D eigenvalue weighted by atomic mass is 32.2. The van der Waals surface area contributed by atoms with Gasteiger partial charge in [0.25, 0.3) is 0 Å². The third kappa shape index (κ3) is 3.69. The van der Waals surface area contributed by atoms with Crippen molar-refractivity contribution in [3.8, 4) is 6.19 Å². The number of anilines is 1. The second-order valence-electron chi connectivity index (χ2n) is 4.44. The van der Waals surface area contributed by atoms with E-state index in [1.165, 1.54) is 11.8 Å². The highest BCUT2D eigenvalue weighted by Crippen LogP contribution is 2.33. The fourth-order valence-electron chi connectivity index (χ4n) is 2.20. The van der Waals surface area contributed by atoms with E-state index in [-0.39, 0.29) is 5.56 Å². The number of nitrogens with one attached hydrogen (secondary N) is 1. The number of hydrogen-bond acceptors (Lipinski definition) is 6. The minimum absolute atomic E-state index is 0.195. The van der Waals surface area contributed by atoms with Crippen molar-refractivity contribution >= 4 is 34.3 Å². The molecular formula is C14H16N4O3S. The molecule has 1 fully saturated rings. The first kappa shape index (κ1) is 16.1. The number of carboxylic acid groups (broad SMARTS) is 1. The molecule has 22 heavy (non-hydrogen) atoms. The van der Waals surface area contributed by atoms with Crippen molar-refractivity contribution in [3.05, 3.63) is 23.8 Å². The summed E-state index contributed by atoms with van der Waals surface area (Å²) in [6, 6.07) is 4.95. The van der Waals surface area contributed by atoms with Crippen molar-refractivity contribution in [2.75, 3.05) is 37.5 Å². The maximum Gasteiger partial charge on any atom is 0.337 e. The van der Waals surface area contributed by atoms with Crippen LogP contribution < -0.4 is 10.2 Å². The molecule has 1 aliphatic rings. The number of amidine groups is 1. The molecule has 1 aromatic rings. The maximum absolute atomic E-state index is 11.5. The number of aliphatic imine (C=N–C) groups is 1. The van der Waals surface area contributed by atoms with Crippen LogP contribution in [0.4, 0.5) is 11.4 Å². The zero-order valence-electron chi connectivity index (χ0n) is 12.1. The molecule has 0 spiro atoms. The fraction of sp³-hybridized carbons (Fsp3) is 0.357. The van der Waals surface area contributed by atoms with Gasteiger partial charge in [0.05, 0.1) is 30.2 Å². The second-order valence-corrected chi connectivity index (χ2v) is 5.23. The molecule has 1 aliphatic heterocycles. The Morgan fingerprint density at radius 2 is 2.23 bits per heavy atom. The Morgan fingerprint density at radius 3 is 2.82 bits per heavy atom. The number of thioether (sulfide) groups is 1. The van der Waals surface area contributed by atoms with E-state index >= 15 is 0 Å². The molecule has 1 saturated heterocycles. The monoisotopic (exact) mass is 320 g/mol. The third-order valence-electron chi connectivity index (χ3n) is 3.15. The largest absolute Gasteiger partial charge is 0.478 e. The molecule has 2 N–H and O–H groups in total. The molecule has 116 valence electrons. The molecule has 0 radical (unpaired) electrons. The van der Waals surface area contributed by atoms with Gasteiger partial charge in [-0.25, -0.2) is 9.79 Å². The first-order chi connectivity index (χ1) is 10.7. The van der Waals surface area contributed by atoms with Gasteiger partial charge in [-0.05, 0) is 18.4 Å². The summed E-state index contributed by atoms with van der Waals surface area (Å²) in [6.07, 6.45) is 3.61. The summed E-state index contributed by atoms with van der Waals surface area (Å²) >= 11 is 1.28. The second kappa shape index (κ2) is 7.68. The quantitative estimate of drug-likeness (QED) is 0.378. The normalized spacial score (nSPS) is 15.3. The predicted octanol–water partition coefficient (Wildman–Crippen LogP) is 1.64. The topological polar surface area (TPSA) is 97.9 Å². The lowest BCUT2D eigenvalue weighted by atomic mass is 10.1. The van der Waals surface area contributed by atoms with Crippen LogP contribution in [0.2, 0.25) is 0 Å². The maximum atomic E-state index is 11.5. The lowest BCUT2D eigenvalue weighted by Crippen LogP contribution is -2.37. The van der Waals surface area contributed by atoms with Crippen LogP contribution in [-0.2, 0) is 4.74 Å². The SMILES string of the molecule is CSC(=Nc1cccc(C(=O)O)c1N1CCOCC1)NC#N. The van der Waals surface area contributed by atoms with Gasteiger partial charge < -0.3 is 14.7 Å². The molecule has 0 aliphatic carbocycles. The van der Waals surface area contributed by atoms with Crippen molar-refractivity contribution in [1.29, 1.82) is 5.26 Å². The van der Waals surface area contributed by atoms with Crippen LogP contribution in [0.15, 0.2) is 23.2 Å². The Kier molecular flexibility index (Phi) is 5.63. The molecular weight excluding hydrogens is 304 g/mol. The number of para-hydroxylation sites is 1. The molecule has 1 heterocycles. The van der Waals surface area contributed by atoms with E-state index in [0.717, 1.165) is 0 Å². The number of aromatic carboxylic acids is 1. The smallest absolute Gasteiger partial charge is 0.337 e. The van der Waals surface area contributed by atoms with Crippen LogP contribution in [0.25, 0.3) is 0 Å². The van der Waals surface area contributed by atoms with Gasteiger partial charge in [0.2, 0.25) is 0 Å². The average molecular weight is 320 g/mol. The number of benzene rings is 1. The van der Waals surface area contributed by atoms with Gasteiger partial charge in [0, 0.05) is 13.1 Å². The number of carbonyl (C=O) groups is 1. The zero-order chi connectivity index (χ0) is 15.9. The molecule has 0 amide bonds. The van der Waals surface area contributed by atoms with Gasteiger partial charge in [0.15, 0.2) is 11.4 Å². The van der Waals surface area contributed by atoms with E-state index in [9.17, 15) is 9.90 Å². The van der Waals surface area contributed by atoms with Crippen LogP contribution in [-0.4, -0.2) is 48.8 Å². The van der Waals surface area contributed by atoms with E-state index in [4.69, 9.17) is 10.00 Å². The lowest BCUT2D eigenvalue weighted by Gasteiger charge is -2.30. The fourth-order valence-corrected chi connectivity index (χ4v) is 2.53. The van der Waals surface area contributed by atoms with Crippen molar-refractivity contribution in [1.82, 2.24) is 5.32 Å². The van der Waals surface area contributed by atoms with Crippen LogP contribution in [0.3, 0.4) is 0 Å². The lowest BCUT2D eigenvalue weighted by molar-refractivity contribution is 0.0696. The van der Waals surface area contributed by atoms with Crippen LogP contribution in [0.5, 0.6) is 0 Å². The van der Waals surface area contributed by atoms with Gasteiger partial charge in [-0.1, -0.05) is 17.8 Å². The number of ether oxygens (including phenoxy) is 1. The van der Waals surface area contributed by atoms with Crippen LogP contribution >= 0.6 is 11.8 Å². The summed E-state index contributed by atoms with van der Waals surface area (Å²) in [5.74, 6) is -1.00. The van der Waals surface area contributed by atoms with Crippen molar-refractivity contribution in [3.63, 3.8) is 0 Å². The van der Waals surface area contributed by atoms with Gasteiger partial charge in [-0.3, -0.25) is 5.32 Å².